The van der Waals surface area contributed by atoms with Crippen LogP contribution in [0.2, 0.25) is 25.7 Å². The maximum atomic E-state index is 5.64. The predicted octanol–water partition coefficient (Wildman–Crippen LogP) is 1.52. The van der Waals surface area contributed by atoms with Crippen LogP contribution in [0.5, 0.6) is 0 Å². The van der Waals surface area contributed by atoms with Crippen LogP contribution in [0.3, 0.4) is 0 Å². The van der Waals surface area contributed by atoms with E-state index in [1.807, 2.05) is 0 Å². The van der Waals surface area contributed by atoms with Crippen molar-refractivity contribution in [2.75, 3.05) is 6.61 Å². The number of benzene rings is 1. The van der Waals surface area contributed by atoms with Crippen molar-refractivity contribution >= 4 is 21.4 Å². The Morgan fingerprint density at radius 2 is 1.90 bits per heavy atom. The van der Waals surface area contributed by atoms with Gasteiger partial charge < -0.3 is 4.74 Å². The van der Waals surface area contributed by atoms with Gasteiger partial charge >= 0.3 is 0 Å². The van der Waals surface area contributed by atoms with E-state index in [1.54, 1.807) is 11.0 Å². The van der Waals surface area contributed by atoms with Gasteiger partial charge in [0.2, 0.25) is 0 Å². The van der Waals surface area contributed by atoms with Crippen LogP contribution >= 0.6 is 0 Å². The summed E-state index contributed by atoms with van der Waals surface area (Å²) in [6.45, 7) is 8.25. The average Bonchev–Trinajstić information content (AvgIpc) is 2.83. The van der Waals surface area contributed by atoms with Gasteiger partial charge in [0.25, 0.3) is 0 Å². The van der Waals surface area contributed by atoms with E-state index in [0.29, 0.717) is 6.73 Å². The fraction of sp³-hybridized carbons (Fsp3) is 0.429. The first-order valence-corrected chi connectivity index (χ1v) is 10.7. The zero-order chi connectivity index (χ0) is 14.6. The number of aromatic nitrogens is 3. The molecule has 0 aliphatic rings. The summed E-state index contributed by atoms with van der Waals surface area (Å²) in [6, 6.07) is 9.46. The summed E-state index contributed by atoms with van der Waals surface area (Å²) in [4.78, 5) is 1.61. The Kier molecular flexibility index (Phi) is 4.78. The van der Waals surface area contributed by atoms with Crippen molar-refractivity contribution in [1.82, 2.24) is 15.0 Å². The van der Waals surface area contributed by atoms with E-state index in [9.17, 15) is 0 Å². The standard InChI is InChI=1S/C14H22BN3OSi/c1-20(2,3)9-8-19-11-18-16-10-14(17-18)12-4-6-13(15)7-5-12/h4-7,10H,8-9,11,15H2,1-3H3. The molecule has 0 saturated heterocycles. The molecular formula is C14H22BN3OSi. The van der Waals surface area contributed by atoms with E-state index >= 15 is 0 Å². The Bertz CT molecular complexity index is 548. The van der Waals surface area contributed by atoms with Gasteiger partial charge in [0, 0.05) is 20.2 Å². The first kappa shape index (κ1) is 15.0. The summed E-state index contributed by atoms with van der Waals surface area (Å²) in [5, 5.41) is 8.68. The van der Waals surface area contributed by atoms with Crippen LogP contribution in [0.4, 0.5) is 0 Å². The molecule has 2 rings (SSSR count). The second kappa shape index (κ2) is 6.37. The van der Waals surface area contributed by atoms with Gasteiger partial charge in [-0.1, -0.05) is 49.4 Å². The number of hydrogen-bond donors (Lipinski definition) is 0. The average molecular weight is 287 g/mol. The van der Waals surface area contributed by atoms with E-state index in [-0.39, 0.29) is 0 Å². The lowest BCUT2D eigenvalue weighted by molar-refractivity contribution is 0.0686. The van der Waals surface area contributed by atoms with E-state index in [4.69, 9.17) is 4.74 Å². The number of nitrogens with zero attached hydrogens (tertiary/aromatic N) is 3. The van der Waals surface area contributed by atoms with Crippen LogP contribution in [0.15, 0.2) is 30.5 Å². The second-order valence-electron chi connectivity index (χ2n) is 6.32. The summed E-state index contributed by atoms with van der Waals surface area (Å²) in [5.74, 6) is 0. The molecule has 4 nitrogen and oxygen atoms in total. The Balaban J connectivity index is 1.88. The minimum Gasteiger partial charge on any atom is -0.358 e. The van der Waals surface area contributed by atoms with Crippen molar-refractivity contribution in [3.8, 4) is 11.3 Å². The Morgan fingerprint density at radius 1 is 1.20 bits per heavy atom. The van der Waals surface area contributed by atoms with Gasteiger partial charge in [0.05, 0.1) is 6.20 Å². The predicted molar refractivity (Wildman–Crippen MR) is 87.7 cm³/mol. The molecule has 0 atom stereocenters. The monoisotopic (exact) mass is 287 g/mol. The van der Waals surface area contributed by atoms with Gasteiger partial charge in [-0.2, -0.15) is 15.0 Å². The Hall–Kier alpha value is -1.40. The maximum Gasteiger partial charge on any atom is 0.158 e. The smallest absolute Gasteiger partial charge is 0.158 e. The first-order valence-electron chi connectivity index (χ1n) is 6.99. The fourth-order valence-corrected chi connectivity index (χ4v) is 2.50. The highest BCUT2D eigenvalue weighted by Crippen LogP contribution is 2.14. The van der Waals surface area contributed by atoms with E-state index in [1.165, 1.54) is 11.5 Å². The van der Waals surface area contributed by atoms with Crippen LogP contribution in [0.1, 0.15) is 0 Å². The van der Waals surface area contributed by atoms with Gasteiger partial charge in [-0.15, -0.1) is 0 Å². The number of rotatable bonds is 6. The molecule has 106 valence electrons. The van der Waals surface area contributed by atoms with Crippen molar-refractivity contribution in [2.45, 2.75) is 32.4 Å². The molecule has 0 radical (unpaired) electrons. The number of ether oxygens (including phenoxy) is 1. The van der Waals surface area contributed by atoms with Crippen LogP contribution in [0, 0.1) is 0 Å². The Labute approximate surface area is 122 Å². The molecule has 0 bridgehead atoms. The molecule has 0 saturated carbocycles. The molecule has 0 aliphatic carbocycles. The third-order valence-corrected chi connectivity index (χ3v) is 4.79. The topological polar surface area (TPSA) is 39.9 Å². The highest BCUT2D eigenvalue weighted by molar-refractivity contribution is 6.76. The van der Waals surface area contributed by atoms with Crippen LogP contribution in [-0.4, -0.2) is 37.5 Å². The molecule has 20 heavy (non-hydrogen) atoms. The van der Waals surface area contributed by atoms with E-state index in [0.717, 1.165) is 17.9 Å². The third-order valence-electron chi connectivity index (χ3n) is 3.09. The largest absolute Gasteiger partial charge is 0.358 e. The minimum atomic E-state index is -1.02. The molecule has 0 fully saturated rings. The van der Waals surface area contributed by atoms with Gasteiger partial charge in [-0.25, -0.2) is 0 Å². The molecule has 1 aromatic carbocycles. The van der Waals surface area contributed by atoms with Gasteiger partial charge in [-0.05, 0) is 6.04 Å². The lowest BCUT2D eigenvalue weighted by Gasteiger charge is -2.14. The summed E-state index contributed by atoms with van der Waals surface area (Å²) in [5.41, 5.74) is 3.22. The van der Waals surface area contributed by atoms with Crippen LogP contribution in [0.25, 0.3) is 11.3 Å². The molecular weight excluding hydrogens is 265 g/mol. The SMILES string of the molecule is Bc1ccc(-c2cnn(COCC[Si](C)(C)C)n2)cc1. The number of hydrogen-bond acceptors (Lipinski definition) is 3. The quantitative estimate of drug-likeness (QED) is 0.597. The van der Waals surface area contributed by atoms with E-state index < -0.39 is 8.07 Å². The van der Waals surface area contributed by atoms with Crippen molar-refractivity contribution in [1.29, 1.82) is 0 Å². The summed E-state index contributed by atoms with van der Waals surface area (Å²) in [7, 11) is 1.05. The molecule has 0 unspecified atom stereocenters. The third kappa shape index (κ3) is 4.61. The van der Waals surface area contributed by atoms with E-state index in [2.05, 4.69) is 62.0 Å². The molecule has 6 heteroatoms. The summed E-state index contributed by atoms with van der Waals surface area (Å²) in [6.07, 6.45) is 1.78. The first-order chi connectivity index (χ1) is 9.44. The lowest BCUT2D eigenvalue weighted by atomic mass is 9.95. The minimum absolute atomic E-state index is 0.427. The zero-order valence-corrected chi connectivity index (χ0v) is 13.8. The van der Waals surface area contributed by atoms with Crippen molar-refractivity contribution < 1.29 is 4.74 Å². The Morgan fingerprint density at radius 3 is 2.55 bits per heavy atom. The zero-order valence-electron chi connectivity index (χ0n) is 12.8. The normalized spacial score (nSPS) is 11.8. The maximum absolute atomic E-state index is 5.64. The summed E-state index contributed by atoms with van der Waals surface area (Å²) >= 11 is 0. The second-order valence-corrected chi connectivity index (χ2v) is 11.9. The molecule has 0 N–H and O–H groups in total. The molecule has 2 aromatic rings. The van der Waals surface area contributed by atoms with Crippen molar-refractivity contribution in [2.24, 2.45) is 0 Å². The summed E-state index contributed by atoms with van der Waals surface area (Å²) < 4.78 is 5.64. The van der Waals surface area contributed by atoms with Gasteiger partial charge in [0.15, 0.2) is 6.73 Å². The van der Waals surface area contributed by atoms with Gasteiger partial charge in [-0.3, -0.25) is 0 Å². The van der Waals surface area contributed by atoms with Gasteiger partial charge in [0.1, 0.15) is 13.5 Å². The highest BCUT2D eigenvalue weighted by Gasteiger charge is 2.12. The molecule has 0 aliphatic heterocycles. The lowest BCUT2D eigenvalue weighted by Crippen LogP contribution is -2.22. The van der Waals surface area contributed by atoms with Crippen molar-refractivity contribution in [3.63, 3.8) is 0 Å². The van der Waals surface area contributed by atoms with Crippen LogP contribution in [-0.2, 0) is 11.5 Å². The highest BCUT2D eigenvalue weighted by atomic mass is 28.3. The molecule has 0 amide bonds. The molecule has 0 spiro atoms. The van der Waals surface area contributed by atoms with Crippen molar-refractivity contribution in [3.05, 3.63) is 30.5 Å². The molecule has 1 aromatic heterocycles. The van der Waals surface area contributed by atoms with Crippen LogP contribution < -0.4 is 5.46 Å². The molecule has 1 heterocycles. The fourth-order valence-electron chi connectivity index (χ4n) is 1.74.